The van der Waals surface area contributed by atoms with E-state index in [4.69, 9.17) is 10.2 Å². The Morgan fingerprint density at radius 3 is 0.944 bits per heavy atom. The van der Waals surface area contributed by atoms with E-state index in [2.05, 4.69) is 60.7 Å². The van der Waals surface area contributed by atoms with Crippen molar-refractivity contribution in [1.29, 1.82) is 0 Å². The van der Waals surface area contributed by atoms with Gasteiger partial charge in [-0.1, -0.05) is 48.5 Å². The van der Waals surface area contributed by atoms with Crippen LogP contribution >= 0.6 is 0 Å². The van der Waals surface area contributed by atoms with Crippen molar-refractivity contribution in [1.82, 2.24) is 0 Å². The van der Waals surface area contributed by atoms with Gasteiger partial charge < -0.3 is 10.2 Å². The third kappa shape index (κ3) is 3.06. The molecule has 0 aliphatic heterocycles. The Labute approximate surface area is 107 Å². The lowest BCUT2D eigenvalue weighted by Gasteiger charge is -2.00. The molecule has 0 saturated carbocycles. The molecule has 0 bridgehead atoms. The topological polar surface area (TPSA) is 40.5 Å². The highest BCUT2D eigenvalue weighted by molar-refractivity contribution is 5.97. The van der Waals surface area contributed by atoms with Crippen LogP contribution < -0.4 is 0 Å². The van der Waals surface area contributed by atoms with E-state index >= 15 is 0 Å². The SMILES string of the molecule is CO.CO.c1ccc2cc3ccccc3cc2c1. The molecular formula is C16H18O2. The highest BCUT2D eigenvalue weighted by Crippen LogP contribution is 2.21. The van der Waals surface area contributed by atoms with Gasteiger partial charge in [-0.3, -0.25) is 0 Å². The smallest absolute Gasteiger partial charge is 0.0319 e. The molecule has 0 radical (unpaired) electrons. The van der Waals surface area contributed by atoms with Crippen molar-refractivity contribution in [2.24, 2.45) is 0 Å². The lowest BCUT2D eigenvalue weighted by atomic mass is 10.0. The maximum atomic E-state index is 7.00. The average molecular weight is 242 g/mol. The fourth-order valence-electron chi connectivity index (χ4n) is 1.88. The molecule has 0 saturated heterocycles. The van der Waals surface area contributed by atoms with E-state index in [1.165, 1.54) is 21.5 Å². The molecule has 0 aliphatic carbocycles. The Kier molecular flexibility index (Phi) is 5.85. The Morgan fingerprint density at radius 2 is 0.722 bits per heavy atom. The number of aliphatic hydroxyl groups excluding tert-OH is 2. The van der Waals surface area contributed by atoms with Gasteiger partial charge in [0.1, 0.15) is 0 Å². The Hall–Kier alpha value is -1.90. The summed E-state index contributed by atoms with van der Waals surface area (Å²) in [5, 5.41) is 19.2. The number of fused-ring (bicyclic) bond motifs is 2. The van der Waals surface area contributed by atoms with Gasteiger partial charge in [-0.2, -0.15) is 0 Å². The summed E-state index contributed by atoms with van der Waals surface area (Å²) < 4.78 is 0. The summed E-state index contributed by atoms with van der Waals surface area (Å²) >= 11 is 0. The molecule has 2 N–H and O–H groups in total. The number of aliphatic hydroxyl groups is 2. The highest BCUT2D eigenvalue weighted by atomic mass is 16.2. The number of rotatable bonds is 0. The molecule has 0 amide bonds. The molecule has 94 valence electrons. The van der Waals surface area contributed by atoms with Crippen LogP contribution in [0.5, 0.6) is 0 Å². The van der Waals surface area contributed by atoms with E-state index in [1.54, 1.807) is 0 Å². The van der Waals surface area contributed by atoms with E-state index in [1.807, 2.05) is 0 Å². The molecule has 3 aromatic carbocycles. The molecule has 2 heteroatoms. The predicted octanol–water partition coefficient (Wildman–Crippen LogP) is 3.21. The molecule has 3 aromatic rings. The lowest BCUT2D eigenvalue weighted by Crippen LogP contribution is -1.74. The Morgan fingerprint density at radius 1 is 0.500 bits per heavy atom. The van der Waals surface area contributed by atoms with Gasteiger partial charge in [0.15, 0.2) is 0 Å². The molecule has 0 aliphatic rings. The van der Waals surface area contributed by atoms with E-state index in [0.29, 0.717) is 0 Å². The van der Waals surface area contributed by atoms with Crippen LogP contribution in [0.15, 0.2) is 60.7 Å². The maximum absolute atomic E-state index is 7.00. The van der Waals surface area contributed by atoms with Crippen molar-refractivity contribution in [3.05, 3.63) is 60.7 Å². The quantitative estimate of drug-likeness (QED) is 0.594. The second kappa shape index (κ2) is 7.43. The van der Waals surface area contributed by atoms with E-state index in [0.717, 1.165) is 14.2 Å². The van der Waals surface area contributed by atoms with Crippen LogP contribution in [-0.4, -0.2) is 24.4 Å². The zero-order chi connectivity index (χ0) is 13.4. The number of hydrogen-bond acceptors (Lipinski definition) is 2. The summed E-state index contributed by atoms with van der Waals surface area (Å²) in [7, 11) is 2.00. The van der Waals surface area contributed by atoms with Crippen LogP contribution in [0, 0.1) is 0 Å². The summed E-state index contributed by atoms with van der Waals surface area (Å²) in [5.74, 6) is 0. The first-order valence-corrected chi connectivity index (χ1v) is 5.70. The minimum atomic E-state index is 1.00. The predicted molar refractivity (Wildman–Crippen MR) is 77.7 cm³/mol. The van der Waals surface area contributed by atoms with E-state index in [-0.39, 0.29) is 0 Å². The van der Waals surface area contributed by atoms with E-state index in [9.17, 15) is 0 Å². The monoisotopic (exact) mass is 242 g/mol. The number of benzene rings is 3. The summed E-state index contributed by atoms with van der Waals surface area (Å²) in [6.45, 7) is 0. The molecule has 2 nitrogen and oxygen atoms in total. The van der Waals surface area contributed by atoms with E-state index < -0.39 is 0 Å². The zero-order valence-electron chi connectivity index (χ0n) is 10.7. The van der Waals surface area contributed by atoms with Crippen LogP contribution in [0.4, 0.5) is 0 Å². The van der Waals surface area contributed by atoms with Gasteiger partial charge in [0, 0.05) is 14.2 Å². The van der Waals surface area contributed by atoms with Crippen molar-refractivity contribution >= 4 is 21.5 Å². The second-order valence-corrected chi connectivity index (χ2v) is 3.55. The molecule has 0 fully saturated rings. The zero-order valence-corrected chi connectivity index (χ0v) is 10.7. The second-order valence-electron chi connectivity index (χ2n) is 3.55. The van der Waals surface area contributed by atoms with Crippen LogP contribution in [0.1, 0.15) is 0 Å². The van der Waals surface area contributed by atoms with Gasteiger partial charge >= 0.3 is 0 Å². The first kappa shape index (κ1) is 14.2. The summed E-state index contributed by atoms with van der Waals surface area (Å²) in [6.07, 6.45) is 0. The summed E-state index contributed by atoms with van der Waals surface area (Å²) in [6, 6.07) is 21.4. The third-order valence-corrected chi connectivity index (χ3v) is 2.61. The molecule has 0 unspecified atom stereocenters. The van der Waals surface area contributed by atoms with Gasteiger partial charge in [-0.15, -0.1) is 0 Å². The highest BCUT2D eigenvalue weighted by Gasteiger charge is 1.95. The van der Waals surface area contributed by atoms with Gasteiger partial charge in [0.05, 0.1) is 0 Å². The standard InChI is InChI=1S/C14H10.2CH4O/c1-2-6-12-10-14-8-4-3-7-13(14)9-11(12)5-1;2*1-2/h1-10H;2*2H,1H3. The average Bonchev–Trinajstić information content (AvgIpc) is 2.49. The maximum Gasteiger partial charge on any atom is 0.0319 e. The minimum Gasteiger partial charge on any atom is -0.400 e. The minimum absolute atomic E-state index is 1.00. The lowest BCUT2D eigenvalue weighted by molar-refractivity contribution is 0.399. The van der Waals surface area contributed by atoms with Gasteiger partial charge in [0.25, 0.3) is 0 Å². The van der Waals surface area contributed by atoms with Crippen LogP contribution in [0.25, 0.3) is 21.5 Å². The summed E-state index contributed by atoms with van der Waals surface area (Å²) in [5.41, 5.74) is 0. The normalized spacial score (nSPS) is 9.11. The molecular weight excluding hydrogens is 224 g/mol. The summed E-state index contributed by atoms with van der Waals surface area (Å²) in [4.78, 5) is 0. The molecule has 0 atom stereocenters. The van der Waals surface area contributed by atoms with Crippen LogP contribution in [-0.2, 0) is 0 Å². The van der Waals surface area contributed by atoms with Crippen molar-refractivity contribution in [2.75, 3.05) is 14.2 Å². The van der Waals surface area contributed by atoms with Crippen molar-refractivity contribution in [3.8, 4) is 0 Å². The Bertz CT molecular complexity index is 498. The largest absolute Gasteiger partial charge is 0.400 e. The molecule has 0 heterocycles. The van der Waals surface area contributed by atoms with Crippen LogP contribution in [0.3, 0.4) is 0 Å². The fraction of sp³-hybridized carbons (Fsp3) is 0.125. The Balaban J connectivity index is 0.000000371. The van der Waals surface area contributed by atoms with Crippen LogP contribution in [0.2, 0.25) is 0 Å². The van der Waals surface area contributed by atoms with Crippen molar-refractivity contribution in [3.63, 3.8) is 0 Å². The third-order valence-electron chi connectivity index (χ3n) is 2.61. The first-order chi connectivity index (χ1) is 8.93. The van der Waals surface area contributed by atoms with Crippen molar-refractivity contribution in [2.45, 2.75) is 0 Å². The molecule has 0 spiro atoms. The molecule has 3 rings (SSSR count). The van der Waals surface area contributed by atoms with Gasteiger partial charge in [0.2, 0.25) is 0 Å². The van der Waals surface area contributed by atoms with Gasteiger partial charge in [-0.05, 0) is 33.7 Å². The number of hydrogen-bond donors (Lipinski definition) is 2. The molecule has 18 heavy (non-hydrogen) atoms. The molecule has 0 aromatic heterocycles. The fourth-order valence-corrected chi connectivity index (χ4v) is 1.88. The van der Waals surface area contributed by atoms with Crippen molar-refractivity contribution < 1.29 is 10.2 Å². The first-order valence-electron chi connectivity index (χ1n) is 5.70. The van der Waals surface area contributed by atoms with Gasteiger partial charge in [-0.25, -0.2) is 0 Å².